The molecule has 9 heteroatoms. The van der Waals surface area contributed by atoms with Crippen molar-refractivity contribution in [2.45, 2.75) is 13.0 Å². The second-order valence-electron chi connectivity index (χ2n) is 8.20. The summed E-state index contributed by atoms with van der Waals surface area (Å²) >= 11 is 0. The van der Waals surface area contributed by atoms with Gasteiger partial charge in [-0.2, -0.15) is 0 Å². The van der Waals surface area contributed by atoms with Crippen molar-refractivity contribution in [1.29, 1.82) is 0 Å². The quantitative estimate of drug-likeness (QED) is 0.326. The lowest BCUT2D eigenvalue weighted by molar-refractivity contribution is -0.130. The minimum Gasteiger partial charge on any atom is -0.396 e. The number of Topliss-reactive ketones (excluding diaryl/α,β-unsaturated/α-hetero) is 1. The van der Waals surface area contributed by atoms with Crippen LogP contribution >= 0.6 is 0 Å². The average Bonchev–Trinajstić information content (AvgIpc) is 3.32. The SMILES string of the molecule is C=CC=N/C=C(\N)c1nccc2c(C(=O)C(=O)N3CCN(C(=O)c4ccccc4)C[C@H]3C)c[nH]c12. The zero-order chi connectivity index (χ0) is 24.9. The van der Waals surface area contributed by atoms with Crippen molar-refractivity contribution in [3.63, 3.8) is 0 Å². The molecule has 3 aromatic rings. The summed E-state index contributed by atoms with van der Waals surface area (Å²) in [5.41, 5.74) is 8.21. The van der Waals surface area contributed by atoms with Gasteiger partial charge >= 0.3 is 0 Å². The first-order valence-electron chi connectivity index (χ1n) is 11.2. The number of aromatic amines is 1. The van der Waals surface area contributed by atoms with Crippen LogP contribution in [0.5, 0.6) is 0 Å². The summed E-state index contributed by atoms with van der Waals surface area (Å²) in [4.78, 5) is 53.7. The molecule has 1 fully saturated rings. The van der Waals surface area contributed by atoms with Gasteiger partial charge in [-0.3, -0.25) is 24.4 Å². The maximum Gasteiger partial charge on any atom is 0.295 e. The molecule has 0 aliphatic carbocycles. The maximum atomic E-state index is 13.2. The minimum absolute atomic E-state index is 0.0874. The molecule has 1 aliphatic heterocycles. The van der Waals surface area contributed by atoms with E-state index in [0.29, 0.717) is 40.9 Å². The Labute approximate surface area is 202 Å². The number of carbonyl (C=O) groups excluding carboxylic acids is 3. The summed E-state index contributed by atoms with van der Waals surface area (Å²) in [6.45, 7) is 6.37. The number of rotatable bonds is 6. The van der Waals surface area contributed by atoms with Gasteiger partial charge in [-0.05, 0) is 25.1 Å². The number of H-pyrrole nitrogens is 1. The topological polar surface area (TPSA) is 125 Å². The average molecular weight is 471 g/mol. The van der Waals surface area contributed by atoms with Crippen molar-refractivity contribution in [3.05, 3.63) is 84.5 Å². The van der Waals surface area contributed by atoms with Gasteiger partial charge in [0.2, 0.25) is 0 Å². The number of ketones is 1. The molecule has 9 nitrogen and oxygen atoms in total. The van der Waals surface area contributed by atoms with E-state index in [4.69, 9.17) is 5.73 Å². The van der Waals surface area contributed by atoms with E-state index in [1.807, 2.05) is 25.1 Å². The summed E-state index contributed by atoms with van der Waals surface area (Å²) in [6.07, 6.45) is 7.48. The predicted octanol–water partition coefficient (Wildman–Crippen LogP) is 2.63. The first kappa shape index (κ1) is 23.6. The lowest BCUT2D eigenvalue weighted by Gasteiger charge is -2.39. The molecule has 2 amide bonds. The Morgan fingerprint density at radius 1 is 1.20 bits per heavy atom. The molecule has 35 heavy (non-hydrogen) atoms. The number of piperazine rings is 1. The van der Waals surface area contributed by atoms with Gasteiger partial charge in [-0.15, -0.1) is 0 Å². The first-order valence-corrected chi connectivity index (χ1v) is 11.2. The molecule has 4 rings (SSSR count). The number of nitrogens with one attached hydrogen (secondary N) is 1. The monoisotopic (exact) mass is 470 g/mol. The van der Waals surface area contributed by atoms with E-state index in [0.717, 1.165) is 0 Å². The van der Waals surface area contributed by atoms with Crippen molar-refractivity contribution in [3.8, 4) is 0 Å². The molecule has 0 saturated carbocycles. The highest BCUT2D eigenvalue weighted by molar-refractivity contribution is 6.45. The Bertz CT molecular complexity index is 1340. The molecule has 1 aliphatic rings. The van der Waals surface area contributed by atoms with Crippen molar-refractivity contribution >= 4 is 40.4 Å². The smallest absolute Gasteiger partial charge is 0.295 e. The second-order valence-corrected chi connectivity index (χ2v) is 8.20. The number of amides is 2. The second kappa shape index (κ2) is 10.2. The van der Waals surface area contributed by atoms with Crippen LogP contribution in [0, 0.1) is 0 Å². The van der Waals surface area contributed by atoms with Crippen molar-refractivity contribution in [1.82, 2.24) is 19.8 Å². The number of hydrogen-bond acceptors (Lipinski definition) is 6. The van der Waals surface area contributed by atoms with Crippen LogP contribution in [0.1, 0.15) is 33.3 Å². The Hall–Kier alpha value is -4.53. The number of fused-ring (bicyclic) bond motifs is 1. The van der Waals surface area contributed by atoms with Gasteiger partial charge in [0.1, 0.15) is 5.69 Å². The van der Waals surface area contributed by atoms with Gasteiger partial charge < -0.3 is 20.5 Å². The number of aromatic nitrogens is 2. The molecule has 0 spiro atoms. The predicted molar refractivity (Wildman–Crippen MR) is 135 cm³/mol. The van der Waals surface area contributed by atoms with Gasteiger partial charge in [-0.25, -0.2) is 0 Å². The van der Waals surface area contributed by atoms with Crippen molar-refractivity contribution < 1.29 is 14.4 Å². The Balaban J connectivity index is 1.52. The minimum atomic E-state index is -0.629. The number of hydrogen-bond donors (Lipinski definition) is 2. The Kier molecular flexibility index (Phi) is 6.86. The van der Waals surface area contributed by atoms with Crippen LogP contribution in [0.4, 0.5) is 0 Å². The van der Waals surface area contributed by atoms with Crippen LogP contribution in [-0.4, -0.2) is 69.3 Å². The third-order valence-electron chi connectivity index (χ3n) is 5.92. The first-order chi connectivity index (χ1) is 16.9. The molecule has 0 radical (unpaired) electrons. The summed E-state index contributed by atoms with van der Waals surface area (Å²) < 4.78 is 0. The number of nitrogens with two attached hydrogens (primary N) is 1. The fourth-order valence-electron chi connectivity index (χ4n) is 4.16. The summed E-state index contributed by atoms with van der Waals surface area (Å²) in [7, 11) is 0. The van der Waals surface area contributed by atoms with Crippen LogP contribution in [0.2, 0.25) is 0 Å². The number of carbonyl (C=O) groups is 3. The van der Waals surface area contributed by atoms with E-state index < -0.39 is 11.7 Å². The standard InChI is InChI=1S/C26H26N6O3/c1-3-10-28-15-21(27)23-22-19(9-11-29-23)20(14-30-22)24(33)26(35)32-13-12-31(16-17(32)2)25(34)18-7-5-4-6-8-18/h3-11,14-15,17,30H,1,12-13,16,27H2,2H3/b21-15-,28-10?/t17-/m1/s1. The lowest BCUT2D eigenvalue weighted by atomic mass is 10.1. The van der Waals surface area contributed by atoms with Gasteiger partial charge in [0, 0.05) is 55.2 Å². The molecular weight excluding hydrogens is 444 g/mol. The third-order valence-corrected chi connectivity index (χ3v) is 5.92. The number of benzene rings is 1. The molecule has 1 atom stereocenters. The van der Waals surface area contributed by atoms with E-state index in [9.17, 15) is 14.4 Å². The Morgan fingerprint density at radius 2 is 1.97 bits per heavy atom. The fraction of sp³-hybridized carbons (Fsp3) is 0.192. The summed E-state index contributed by atoms with van der Waals surface area (Å²) in [5.74, 6) is -1.33. The molecule has 2 aromatic heterocycles. The van der Waals surface area contributed by atoms with E-state index >= 15 is 0 Å². The molecule has 0 bridgehead atoms. The Morgan fingerprint density at radius 3 is 2.69 bits per heavy atom. The van der Waals surface area contributed by atoms with Crippen LogP contribution in [0.25, 0.3) is 16.6 Å². The van der Waals surface area contributed by atoms with Gasteiger partial charge in [0.15, 0.2) is 0 Å². The van der Waals surface area contributed by atoms with Crippen molar-refractivity contribution in [2.75, 3.05) is 19.6 Å². The van der Waals surface area contributed by atoms with Gasteiger partial charge in [-0.1, -0.05) is 30.9 Å². The zero-order valence-electron chi connectivity index (χ0n) is 19.3. The number of pyridine rings is 1. The highest BCUT2D eigenvalue weighted by Gasteiger charge is 2.34. The van der Waals surface area contributed by atoms with E-state index in [1.165, 1.54) is 35.8 Å². The highest BCUT2D eigenvalue weighted by atomic mass is 16.2. The number of nitrogens with zero attached hydrogens (tertiary/aromatic N) is 4. The van der Waals surface area contributed by atoms with E-state index in [2.05, 4.69) is 21.5 Å². The third kappa shape index (κ3) is 4.74. The van der Waals surface area contributed by atoms with E-state index in [1.54, 1.807) is 23.1 Å². The van der Waals surface area contributed by atoms with E-state index in [-0.39, 0.29) is 24.1 Å². The summed E-state index contributed by atoms with van der Waals surface area (Å²) in [6, 6.07) is 10.4. The molecule has 1 saturated heterocycles. The van der Waals surface area contributed by atoms with Gasteiger partial charge in [0.25, 0.3) is 17.6 Å². The zero-order valence-corrected chi connectivity index (χ0v) is 19.3. The molecular formula is C26H26N6O3. The molecule has 3 N–H and O–H groups in total. The molecule has 1 aromatic carbocycles. The van der Waals surface area contributed by atoms with Crippen LogP contribution < -0.4 is 5.73 Å². The van der Waals surface area contributed by atoms with Crippen LogP contribution in [-0.2, 0) is 4.79 Å². The maximum absolute atomic E-state index is 13.2. The molecule has 0 unspecified atom stereocenters. The number of allylic oxidation sites excluding steroid dienone is 1. The molecule has 178 valence electrons. The largest absolute Gasteiger partial charge is 0.396 e. The van der Waals surface area contributed by atoms with Crippen LogP contribution in [0.15, 0.2) is 72.6 Å². The highest BCUT2D eigenvalue weighted by Crippen LogP contribution is 2.25. The van der Waals surface area contributed by atoms with Crippen molar-refractivity contribution in [2.24, 2.45) is 10.7 Å². The number of aliphatic imine (C=N–C) groups is 1. The lowest BCUT2D eigenvalue weighted by Crippen LogP contribution is -2.56. The fourth-order valence-corrected chi connectivity index (χ4v) is 4.16. The van der Waals surface area contributed by atoms with Gasteiger partial charge in [0.05, 0.1) is 23.0 Å². The normalized spacial score (nSPS) is 16.6. The molecule has 3 heterocycles. The summed E-state index contributed by atoms with van der Waals surface area (Å²) in [5, 5.41) is 0.544. The van der Waals surface area contributed by atoms with Crippen LogP contribution in [0.3, 0.4) is 0 Å².